The molecule has 0 saturated heterocycles. The van der Waals surface area contributed by atoms with Crippen molar-refractivity contribution in [1.29, 1.82) is 0 Å². The summed E-state index contributed by atoms with van der Waals surface area (Å²) in [6.07, 6.45) is 2.89. The molecule has 15 heavy (non-hydrogen) atoms. The van der Waals surface area contributed by atoms with Crippen LogP contribution in [0.4, 0.5) is 0 Å². The van der Waals surface area contributed by atoms with Crippen LogP contribution in [0.5, 0.6) is 0 Å². The normalized spacial score (nSPS) is 26.9. The van der Waals surface area contributed by atoms with Crippen molar-refractivity contribution in [3.63, 3.8) is 0 Å². The summed E-state index contributed by atoms with van der Waals surface area (Å²) in [6.45, 7) is 5.52. The number of hydrogen-bond acceptors (Lipinski definition) is 3. The molecule has 0 spiro atoms. The topological polar surface area (TPSA) is 43.4 Å². The van der Waals surface area contributed by atoms with Crippen molar-refractivity contribution < 1.29 is 14.3 Å². The smallest absolute Gasteiger partial charge is 0.308 e. The van der Waals surface area contributed by atoms with Crippen molar-refractivity contribution in [2.75, 3.05) is 7.11 Å². The number of esters is 1. The van der Waals surface area contributed by atoms with E-state index in [0.717, 1.165) is 24.8 Å². The standard InChI is InChI=1S/C12H18O3/c1-8-6-10(9(2)13)4-5-11(7-8)12(14)15-3/h10-11H,1,4-7H2,2-3H3. The number of hydrogen-bond donors (Lipinski definition) is 0. The number of methoxy groups -OCH3 is 1. The summed E-state index contributed by atoms with van der Waals surface area (Å²) in [5.74, 6) is -0.0407. The minimum absolute atomic E-state index is 0.0483. The minimum atomic E-state index is -0.180. The van der Waals surface area contributed by atoms with Crippen LogP contribution in [-0.2, 0) is 14.3 Å². The summed E-state index contributed by atoms with van der Waals surface area (Å²) in [7, 11) is 1.40. The molecule has 3 nitrogen and oxygen atoms in total. The van der Waals surface area contributed by atoms with Crippen LogP contribution >= 0.6 is 0 Å². The monoisotopic (exact) mass is 210 g/mol. The highest BCUT2D eigenvalue weighted by atomic mass is 16.5. The van der Waals surface area contributed by atoms with Crippen molar-refractivity contribution in [1.82, 2.24) is 0 Å². The highest BCUT2D eigenvalue weighted by molar-refractivity contribution is 5.79. The van der Waals surface area contributed by atoms with Crippen molar-refractivity contribution in [3.8, 4) is 0 Å². The zero-order valence-corrected chi connectivity index (χ0v) is 9.41. The molecular weight excluding hydrogens is 192 g/mol. The summed E-state index contributed by atoms with van der Waals surface area (Å²) < 4.78 is 4.72. The molecule has 0 heterocycles. The fourth-order valence-corrected chi connectivity index (χ4v) is 2.10. The van der Waals surface area contributed by atoms with E-state index >= 15 is 0 Å². The summed E-state index contributed by atoms with van der Waals surface area (Å²) in [6, 6.07) is 0. The third-order valence-corrected chi connectivity index (χ3v) is 3.04. The van der Waals surface area contributed by atoms with Crippen LogP contribution in [0.1, 0.15) is 32.6 Å². The molecule has 2 unspecified atom stereocenters. The van der Waals surface area contributed by atoms with Gasteiger partial charge in [-0.2, -0.15) is 0 Å². The zero-order valence-electron chi connectivity index (χ0n) is 9.41. The average Bonchev–Trinajstić information content (AvgIpc) is 2.38. The number of ether oxygens (including phenoxy) is 1. The molecule has 1 rings (SSSR count). The highest BCUT2D eigenvalue weighted by Gasteiger charge is 2.27. The van der Waals surface area contributed by atoms with E-state index in [1.54, 1.807) is 6.92 Å². The van der Waals surface area contributed by atoms with Gasteiger partial charge in [0, 0.05) is 5.92 Å². The molecule has 0 amide bonds. The number of allylic oxidation sites excluding steroid dienone is 1. The Morgan fingerprint density at radius 2 is 1.80 bits per heavy atom. The lowest BCUT2D eigenvalue weighted by atomic mass is 9.95. The van der Waals surface area contributed by atoms with Gasteiger partial charge in [0.25, 0.3) is 0 Å². The van der Waals surface area contributed by atoms with E-state index in [1.807, 2.05) is 0 Å². The number of carbonyl (C=O) groups excluding carboxylic acids is 2. The molecule has 3 heteroatoms. The Bertz CT molecular complexity index is 281. The maximum absolute atomic E-state index is 11.4. The molecule has 2 atom stereocenters. The fourth-order valence-electron chi connectivity index (χ4n) is 2.10. The van der Waals surface area contributed by atoms with Gasteiger partial charge in [-0.25, -0.2) is 0 Å². The lowest BCUT2D eigenvalue weighted by molar-refractivity contribution is -0.145. The molecule has 84 valence electrons. The Labute approximate surface area is 90.5 Å². The molecule has 1 saturated carbocycles. The number of rotatable bonds is 2. The predicted octanol–water partition coefficient (Wildman–Crippen LogP) is 2.11. The molecular formula is C12H18O3. The molecule has 0 aromatic heterocycles. The van der Waals surface area contributed by atoms with Gasteiger partial charge in [0.15, 0.2) is 0 Å². The Kier molecular flexibility index (Phi) is 4.06. The third kappa shape index (κ3) is 3.18. The van der Waals surface area contributed by atoms with Gasteiger partial charge < -0.3 is 4.74 Å². The van der Waals surface area contributed by atoms with E-state index in [0.29, 0.717) is 6.42 Å². The second kappa shape index (κ2) is 5.10. The Balaban J connectivity index is 2.66. The van der Waals surface area contributed by atoms with Crippen molar-refractivity contribution >= 4 is 11.8 Å². The van der Waals surface area contributed by atoms with Crippen LogP contribution in [0.25, 0.3) is 0 Å². The summed E-state index contributed by atoms with van der Waals surface area (Å²) in [5, 5.41) is 0. The summed E-state index contributed by atoms with van der Waals surface area (Å²) >= 11 is 0. The minimum Gasteiger partial charge on any atom is -0.469 e. The van der Waals surface area contributed by atoms with Gasteiger partial charge in [0.2, 0.25) is 0 Å². The van der Waals surface area contributed by atoms with Gasteiger partial charge in [-0.15, -0.1) is 0 Å². The molecule has 0 radical (unpaired) electrons. The summed E-state index contributed by atoms with van der Waals surface area (Å²) in [5.41, 5.74) is 0.989. The Morgan fingerprint density at radius 1 is 1.27 bits per heavy atom. The van der Waals surface area contributed by atoms with E-state index in [-0.39, 0.29) is 23.6 Å². The van der Waals surface area contributed by atoms with Crippen LogP contribution in [0.15, 0.2) is 12.2 Å². The molecule has 1 aliphatic carbocycles. The van der Waals surface area contributed by atoms with E-state index in [9.17, 15) is 9.59 Å². The van der Waals surface area contributed by atoms with E-state index in [1.165, 1.54) is 7.11 Å². The van der Waals surface area contributed by atoms with Crippen molar-refractivity contribution in [2.24, 2.45) is 11.8 Å². The van der Waals surface area contributed by atoms with Crippen LogP contribution in [-0.4, -0.2) is 18.9 Å². The Hall–Kier alpha value is -1.12. The maximum atomic E-state index is 11.4. The van der Waals surface area contributed by atoms with Crippen molar-refractivity contribution in [3.05, 3.63) is 12.2 Å². The van der Waals surface area contributed by atoms with Gasteiger partial charge in [-0.3, -0.25) is 9.59 Å². The first kappa shape index (κ1) is 12.0. The molecule has 0 bridgehead atoms. The molecule has 0 aromatic carbocycles. The van der Waals surface area contributed by atoms with E-state index in [4.69, 9.17) is 4.74 Å². The second-order valence-corrected chi connectivity index (χ2v) is 4.26. The predicted molar refractivity (Wildman–Crippen MR) is 57.3 cm³/mol. The molecule has 0 aromatic rings. The van der Waals surface area contributed by atoms with Crippen LogP contribution in [0, 0.1) is 11.8 Å². The lowest BCUT2D eigenvalue weighted by Gasteiger charge is -2.11. The SMILES string of the molecule is C=C1CC(C(C)=O)CCC(C(=O)OC)C1. The van der Waals surface area contributed by atoms with Gasteiger partial charge >= 0.3 is 5.97 Å². The van der Waals surface area contributed by atoms with Gasteiger partial charge in [-0.05, 0) is 32.6 Å². The number of Topliss-reactive ketones (excluding diaryl/α,β-unsaturated/α-hetero) is 1. The first-order chi connectivity index (χ1) is 7.04. The second-order valence-electron chi connectivity index (χ2n) is 4.26. The average molecular weight is 210 g/mol. The zero-order chi connectivity index (χ0) is 11.4. The Morgan fingerprint density at radius 3 is 2.33 bits per heavy atom. The number of carbonyl (C=O) groups is 2. The number of ketones is 1. The largest absolute Gasteiger partial charge is 0.469 e. The third-order valence-electron chi connectivity index (χ3n) is 3.04. The van der Waals surface area contributed by atoms with E-state index in [2.05, 4.69) is 6.58 Å². The van der Waals surface area contributed by atoms with Crippen molar-refractivity contribution in [2.45, 2.75) is 32.6 Å². The molecule has 0 N–H and O–H groups in total. The van der Waals surface area contributed by atoms with Gasteiger partial charge in [0.1, 0.15) is 5.78 Å². The quantitative estimate of drug-likeness (QED) is 0.398. The fraction of sp³-hybridized carbons (Fsp3) is 0.667. The van der Waals surface area contributed by atoms with Gasteiger partial charge in [0.05, 0.1) is 13.0 Å². The highest BCUT2D eigenvalue weighted by Crippen LogP contribution is 2.31. The summed E-state index contributed by atoms with van der Waals surface area (Å²) in [4.78, 5) is 22.7. The van der Waals surface area contributed by atoms with Gasteiger partial charge in [-0.1, -0.05) is 12.2 Å². The van der Waals surface area contributed by atoms with E-state index < -0.39 is 0 Å². The van der Waals surface area contributed by atoms with Crippen LogP contribution in [0.3, 0.4) is 0 Å². The molecule has 1 aliphatic rings. The first-order valence-electron chi connectivity index (χ1n) is 5.29. The first-order valence-corrected chi connectivity index (χ1v) is 5.29. The van der Waals surface area contributed by atoms with Crippen LogP contribution in [0.2, 0.25) is 0 Å². The van der Waals surface area contributed by atoms with Crippen LogP contribution < -0.4 is 0 Å². The lowest BCUT2D eigenvalue weighted by Crippen LogP contribution is -2.16. The molecule has 0 aliphatic heterocycles. The maximum Gasteiger partial charge on any atom is 0.308 e. The molecule has 1 fully saturated rings.